The van der Waals surface area contributed by atoms with Gasteiger partial charge in [-0.15, -0.1) is 0 Å². The second-order valence-electron chi connectivity index (χ2n) is 5.04. The highest BCUT2D eigenvalue weighted by Crippen LogP contribution is 2.27. The highest BCUT2D eigenvalue weighted by atomic mass is 127. The Hall–Kier alpha value is -2.02. The van der Waals surface area contributed by atoms with Gasteiger partial charge in [-0.3, -0.25) is 0 Å². The first-order valence-electron chi connectivity index (χ1n) is 6.79. The lowest BCUT2D eigenvalue weighted by Crippen LogP contribution is -2.06. The number of fused-ring (bicyclic) bond motifs is 1. The van der Waals surface area contributed by atoms with Crippen molar-refractivity contribution in [3.63, 3.8) is 0 Å². The van der Waals surface area contributed by atoms with Gasteiger partial charge in [-0.1, -0.05) is 0 Å². The minimum absolute atomic E-state index is 0.124. The van der Waals surface area contributed by atoms with Crippen molar-refractivity contribution in [1.29, 1.82) is 0 Å². The maximum atomic E-state index is 11.7. The van der Waals surface area contributed by atoms with E-state index in [0.717, 1.165) is 16.6 Å². The van der Waals surface area contributed by atoms with E-state index in [-0.39, 0.29) is 5.75 Å². The molecule has 0 bridgehead atoms. The Labute approximate surface area is 140 Å². The van der Waals surface area contributed by atoms with Gasteiger partial charge in [-0.25, -0.2) is 4.79 Å². The molecule has 0 atom stereocenters. The van der Waals surface area contributed by atoms with Crippen molar-refractivity contribution in [1.82, 2.24) is 0 Å². The molecule has 0 radical (unpaired) electrons. The Morgan fingerprint density at radius 3 is 2.64 bits per heavy atom. The molecular weight excluding hydrogens is 393 g/mol. The van der Waals surface area contributed by atoms with Gasteiger partial charge in [0.2, 0.25) is 0 Å². The molecule has 0 spiro atoms. The zero-order valence-corrected chi connectivity index (χ0v) is 14.0. The van der Waals surface area contributed by atoms with Crippen molar-refractivity contribution in [3.05, 3.63) is 67.6 Å². The van der Waals surface area contributed by atoms with Crippen LogP contribution >= 0.6 is 22.6 Å². The number of phenols is 1. The summed E-state index contributed by atoms with van der Waals surface area (Å²) in [6.07, 6.45) is 0. The lowest BCUT2D eigenvalue weighted by atomic mass is 10.1. The Balaban J connectivity index is 1.98. The predicted molar refractivity (Wildman–Crippen MR) is 95.4 cm³/mol. The van der Waals surface area contributed by atoms with E-state index in [1.165, 1.54) is 9.64 Å². The molecule has 2 N–H and O–H groups in total. The standard InChI is InChI=1S/C17H14INO3/c1-10-15(20)7-6-14-11(8-16(21)22-17(10)14)9-19-13-4-2-12(18)3-5-13/h2-8,19-20H,9H2,1H3. The molecule has 112 valence electrons. The van der Waals surface area contributed by atoms with Gasteiger partial charge in [0.1, 0.15) is 11.3 Å². The van der Waals surface area contributed by atoms with Gasteiger partial charge < -0.3 is 14.8 Å². The Bertz CT molecular complexity index is 885. The number of halogens is 1. The van der Waals surface area contributed by atoms with E-state index >= 15 is 0 Å². The normalized spacial score (nSPS) is 10.8. The van der Waals surface area contributed by atoms with Gasteiger partial charge in [-0.2, -0.15) is 0 Å². The van der Waals surface area contributed by atoms with E-state index in [2.05, 4.69) is 27.9 Å². The van der Waals surface area contributed by atoms with Crippen LogP contribution in [0, 0.1) is 10.5 Å². The van der Waals surface area contributed by atoms with Crippen molar-refractivity contribution in [2.75, 3.05) is 5.32 Å². The van der Waals surface area contributed by atoms with Crippen LogP contribution in [-0.4, -0.2) is 5.11 Å². The van der Waals surface area contributed by atoms with Gasteiger partial charge in [0.15, 0.2) is 0 Å². The summed E-state index contributed by atoms with van der Waals surface area (Å²) in [7, 11) is 0. The number of benzene rings is 2. The summed E-state index contributed by atoms with van der Waals surface area (Å²) >= 11 is 2.25. The summed E-state index contributed by atoms with van der Waals surface area (Å²) in [6, 6.07) is 12.9. The topological polar surface area (TPSA) is 62.5 Å². The van der Waals surface area contributed by atoms with Crippen LogP contribution in [0.2, 0.25) is 0 Å². The molecule has 1 aromatic heterocycles. The van der Waals surface area contributed by atoms with Crippen LogP contribution in [0.1, 0.15) is 11.1 Å². The van der Waals surface area contributed by atoms with Crippen LogP contribution in [0.3, 0.4) is 0 Å². The summed E-state index contributed by atoms with van der Waals surface area (Å²) < 4.78 is 6.40. The van der Waals surface area contributed by atoms with Crippen LogP contribution in [0.25, 0.3) is 11.0 Å². The lowest BCUT2D eigenvalue weighted by molar-refractivity contribution is 0.468. The van der Waals surface area contributed by atoms with Gasteiger partial charge in [0, 0.05) is 32.8 Å². The highest BCUT2D eigenvalue weighted by Gasteiger charge is 2.10. The number of phenolic OH excluding ortho intramolecular Hbond substituents is 1. The minimum atomic E-state index is -0.416. The van der Waals surface area contributed by atoms with Crippen LogP contribution in [-0.2, 0) is 6.54 Å². The third-order valence-corrected chi connectivity index (χ3v) is 4.26. The van der Waals surface area contributed by atoms with Crippen LogP contribution in [0.5, 0.6) is 5.75 Å². The van der Waals surface area contributed by atoms with E-state index in [4.69, 9.17) is 4.42 Å². The van der Waals surface area contributed by atoms with Crippen LogP contribution in [0.4, 0.5) is 5.69 Å². The van der Waals surface area contributed by atoms with Crippen LogP contribution < -0.4 is 10.9 Å². The molecule has 0 aliphatic rings. The molecule has 22 heavy (non-hydrogen) atoms. The van der Waals surface area contributed by atoms with Gasteiger partial charge in [0.25, 0.3) is 0 Å². The van der Waals surface area contributed by atoms with Crippen LogP contribution in [0.15, 0.2) is 51.7 Å². The number of hydrogen-bond donors (Lipinski definition) is 2. The smallest absolute Gasteiger partial charge is 0.336 e. The largest absolute Gasteiger partial charge is 0.508 e. The summed E-state index contributed by atoms with van der Waals surface area (Å²) in [5.74, 6) is 0.124. The number of rotatable bonds is 3. The molecule has 0 aliphatic heterocycles. The van der Waals surface area contributed by atoms with Gasteiger partial charge in [0.05, 0.1) is 0 Å². The maximum Gasteiger partial charge on any atom is 0.336 e. The first-order chi connectivity index (χ1) is 10.5. The monoisotopic (exact) mass is 407 g/mol. The Morgan fingerprint density at radius 1 is 1.18 bits per heavy atom. The molecule has 0 aliphatic carbocycles. The Kier molecular flexibility index (Phi) is 4.06. The third-order valence-electron chi connectivity index (χ3n) is 3.55. The zero-order chi connectivity index (χ0) is 15.7. The quantitative estimate of drug-likeness (QED) is 0.509. The molecule has 3 aromatic rings. The van der Waals surface area contributed by atoms with Crippen molar-refractivity contribution in [2.45, 2.75) is 13.5 Å². The van der Waals surface area contributed by atoms with E-state index in [9.17, 15) is 9.90 Å². The molecule has 0 amide bonds. The van der Waals surface area contributed by atoms with Crippen molar-refractivity contribution < 1.29 is 9.52 Å². The van der Waals surface area contributed by atoms with Gasteiger partial charge in [-0.05, 0) is 71.5 Å². The fourth-order valence-electron chi connectivity index (χ4n) is 2.33. The number of nitrogens with one attached hydrogen (secondary N) is 1. The average Bonchev–Trinajstić information content (AvgIpc) is 2.50. The summed E-state index contributed by atoms with van der Waals surface area (Å²) in [5.41, 5.74) is 2.42. The van der Waals surface area contributed by atoms with E-state index in [0.29, 0.717) is 17.7 Å². The number of anilines is 1. The number of hydrogen-bond acceptors (Lipinski definition) is 4. The maximum absolute atomic E-state index is 11.7. The molecule has 3 rings (SSSR count). The van der Waals surface area contributed by atoms with E-state index in [1.807, 2.05) is 24.3 Å². The molecule has 5 heteroatoms. The average molecular weight is 407 g/mol. The molecule has 0 unspecified atom stereocenters. The summed E-state index contributed by atoms with van der Waals surface area (Å²) in [5, 5.41) is 13.9. The molecule has 1 heterocycles. The van der Waals surface area contributed by atoms with Crippen molar-refractivity contribution in [2.24, 2.45) is 0 Å². The first kappa shape index (κ1) is 14.9. The second-order valence-corrected chi connectivity index (χ2v) is 6.28. The zero-order valence-electron chi connectivity index (χ0n) is 11.9. The Morgan fingerprint density at radius 2 is 1.91 bits per heavy atom. The van der Waals surface area contributed by atoms with Crippen molar-refractivity contribution in [3.8, 4) is 5.75 Å². The fraction of sp³-hybridized carbons (Fsp3) is 0.118. The molecule has 0 saturated carbocycles. The summed E-state index contributed by atoms with van der Waals surface area (Å²) in [4.78, 5) is 11.7. The first-order valence-corrected chi connectivity index (χ1v) is 7.87. The minimum Gasteiger partial charge on any atom is -0.508 e. The highest BCUT2D eigenvalue weighted by molar-refractivity contribution is 14.1. The number of aryl methyl sites for hydroxylation is 1. The summed E-state index contributed by atoms with van der Waals surface area (Å²) in [6.45, 7) is 2.24. The van der Waals surface area contributed by atoms with Gasteiger partial charge >= 0.3 is 5.63 Å². The fourth-order valence-corrected chi connectivity index (χ4v) is 2.69. The lowest BCUT2D eigenvalue weighted by Gasteiger charge is -2.10. The molecule has 2 aromatic carbocycles. The third kappa shape index (κ3) is 2.94. The van der Waals surface area contributed by atoms with E-state index in [1.54, 1.807) is 19.1 Å². The van der Waals surface area contributed by atoms with Crippen molar-refractivity contribution >= 4 is 39.2 Å². The molecular formula is C17H14INO3. The van der Waals surface area contributed by atoms with E-state index < -0.39 is 5.63 Å². The SMILES string of the molecule is Cc1c(O)ccc2c(CNc3ccc(I)cc3)cc(=O)oc12. The molecule has 4 nitrogen and oxygen atoms in total. The molecule has 0 saturated heterocycles. The second kappa shape index (κ2) is 6.00. The predicted octanol–water partition coefficient (Wildman–Crippen LogP) is 4.02. The number of aromatic hydroxyl groups is 1. The molecule has 0 fully saturated rings.